The molecule has 4 unspecified atom stereocenters. The molecule has 0 amide bonds. The van der Waals surface area contributed by atoms with E-state index in [2.05, 4.69) is 0 Å². The van der Waals surface area contributed by atoms with Crippen molar-refractivity contribution in [2.24, 2.45) is 5.73 Å². The Morgan fingerprint density at radius 2 is 1.63 bits per heavy atom. The second kappa shape index (κ2) is 5.13. The van der Waals surface area contributed by atoms with E-state index < -0.39 is 35.4 Å². The van der Waals surface area contributed by atoms with Crippen LogP contribution in [0.1, 0.15) is 13.8 Å². The molecule has 0 bridgehead atoms. The highest BCUT2D eigenvalue weighted by molar-refractivity contribution is 5.39. The van der Waals surface area contributed by atoms with Crippen LogP contribution in [0.15, 0.2) is 23.2 Å². The number of halogens is 4. The molecular weight excluding hydrogens is 264 g/mol. The van der Waals surface area contributed by atoms with Gasteiger partial charge in [0.1, 0.15) is 5.70 Å². The highest BCUT2D eigenvalue weighted by Crippen LogP contribution is 2.37. The van der Waals surface area contributed by atoms with Crippen molar-refractivity contribution < 1.29 is 22.3 Å². The van der Waals surface area contributed by atoms with Crippen LogP contribution in [0.3, 0.4) is 0 Å². The van der Waals surface area contributed by atoms with Crippen molar-refractivity contribution in [2.45, 2.75) is 38.3 Å². The first-order valence-electron chi connectivity index (χ1n) is 6.08. The Bertz CT molecular complexity index is 427. The fraction of sp³-hybridized carbons (Fsp3) is 0.667. The number of alkyl halides is 1. The van der Waals surface area contributed by atoms with Gasteiger partial charge in [-0.1, -0.05) is 0 Å². The monoisotopic (exact) mass is 280 g/mol. The van der Waals surface area contributed by atoms with Crippen LogP contribution in [-0.2, 0) is 4.74 Å². The van der Waals surface area contributed by atoms with Crippen LogP contribution < -0.4 is 5.73 Å². The molecule has 1 saturated heterocycles. The van der Waals surface area contributed by atoms with Gasteiger partial charge in [-0.3, -0.25) is 0 Å². The normalized spacial score (nSPS) is 37.1. The molecule has 0 radical (unpaired) electrons. The van der Waals surface area contributed by atoms with Crippen LogP contribution in [0.25, 0.3) is 0 Å². The molecule has 0 aromatic heterocycles. The first kappa shape index (κ1) is 14.3. The summed E-state index contributed by atoms with van der Waals surface area (Å²) in [5, 5.41) is 0. The molecule has 0 aromatic carbocycles. The summed E-state index contributed by atoms with van der Waals surface area (Å²) in [5.74, 6) is -4.22. The Hall–Kier alpha value is -1.08. The molecule has 3 nitrogen and oxygen atoms in total. The summed E-state index contributed by atoms with van der Waals surface area (Å²) in [4.78, 5) is 1.27. The maximum Gasteiger partial charge on any atom is 0.182 e. The van der Waals surface area contributed by atoms with E-state index >= 15 is 0 Å². The minimum absolute atomic E-state index is 0.162. The summed E-state index contributed by atoms with van der Waals surface area (Å²) in [6, 6.07) is -1.92. The van der Waals surface area contributed by atoms with E-state index in [4.69, 9.17) is 10.5 Å². The molecule has 2 rings (SSSR count). The number of hydrogen-bond acceptors (Lipinski definition) is 3. The fourth-order valence-corrected chi connectivity index (χ4v) is 2.43. The lowest BCUT2D eigenvalue weighted by Crippen LogP contribution is -2.47. The van der Waals surface area contributed by atoms with Gasteiger partial charge >= 0.3 is 0 Å². The Balaban J connectivity index is 2.36. The van der Waals surface area contributed by atoms with Crippen molar-refractivity contribution in [2.75, 3.05) is 13.1 Å². The van der Waals surface area contributed by atoms with Crippen LogP contribution >= 0.6 is 0 Å². The van der Waals surface area contributed by atoms with E-state index in [0.29, 0.717) is 0 Å². The predicted octanol–water partition coefficient (Wildman–Crippen LogP) is 2.11. The molecule has 0 spiro atoms. The topological polar surface area (TPSA) is 38.5 Å². The highest BCUT2D eigenvalue weighted by Gasteiger charge is 2.41. The van der Waals surface area contributed by atoms with Crippen molar-refractivity contribution in [3.05, 3.63) is 23.2 Å². The molecule has 108 valence electrons. The summed E-state index contributed by atoms with van der Waals surface area (Å²) in [5.41, 5.74) is 4.41. The lowest BCUT2D eigenvalue weighted by Gasteiger charge is -2.39. The number of nitrogens with zero attached hydrogens (tertiary/aromatic N) is 1. The number of ether oxygens (including phenoxy) is 1. The van der Waals surface area contributed by atoms with Gasteiger partial charge in [0.25, 0.3) is 0 Å². The molecule has 4 atom stereocenters. The Morgan fingerprint density at radius 3 is 2.16 bits per heavy atom. The van der Waals surface area contributed by atoms with E-state index in [1.165, 1.54) is 4.90 Å². The fourth-order valence-electron chi connectivity index (χ4n) is 2.43. The van der Waals surface area contributed by atoms with Crippen molar-refractivity contribution in [3.8, 4) is 0 Å². The van der Waals surface area contributed by atoms with Crippen molar-refractivity contribution >= 4 is 0 Å². The van der Waals surface area contributed by atoms with E-state index in [1.54, 1.807) is 13.8 Å². The average Bonchev–Trinajstić information content (AvgIpc) is 2.33. The number of allylic oxidation sites excluding steroid dienone is 1. The van der Waals surface area contributed by atoms with Crippen LogP contribution in [0, 0.1) is 0 Å². The van der Waals surface area contributed by atoms with Crippen LogP contribution in [0.4, 0.5) is 17.6 Å². The molecule has 1 aliphatic carbocycles. The molecule has 19 heavy (non-hydrogen) atoms. The van der Waals surface area contributed by atoms with Crippen LogP contribution in [0.5, 0.6) is 0 Å². The second-order valence-electron chi connectivity index (χ2n) is 4.95. The highest BCUT2D eigenvalue weighted by atomic mass is 19.2. The van der Waals surface area contributed by atoms with E-state index in [9.17, 15) is 17.6 Å². The van der Waals surface area contributed by atoms with Gasteiger partial charge in [-0.25, -0.2) is 17.6 Å². The average molecular weight is 280 g/mol. The van der Waals surface area contributed by atoms with Crippen molar-refractivity contribution in [1.82, 2.24) is 4.90 Å². The smallest absolute Gasteiger partial charge is 0.182 e. The molecule has 0 aromatic rings. The quantitative estimate of drug-likeness (QED) is 0.748. The van der Waals surface area contributed by atoms with Gasteiger partial charge in [-0.05, 0) is 13.8 Å². The van der Waals surface area contributed by atoms with Crippen molar-refractivity contribution in [3.63, 3.8) is 0 Å². The molecule has 2 aliphatic rings. The molecule has 7 heteroatoms. The van der Waals surface area contributed by atoms with Gasteiger partial charge in [0.05, 0.1) is 18.2 Å². The lowest BCUT2D eigenvalue weighted by molar-refractivity contribution is -0.0592. The van der Waals surface area contributed by atoms with E-state index in [-0.39, 0.29) is 25.3 Å². The number of nitrogens with two attached hydrogens (primary N) is 1. The Labute approximate surface area is 108 Å². The minimum atomic E-state index is -2.36. The molecule has 1 aliphatic heterocycles. The number of rotatable bonds is 1. The van der Waals surface area contributed by atoms with Crippen LogP contribution in [-0.4, -0.2) is 42.4 Å². The summed E-state index contributed by atoms with van der Waals surface area (Å²) < 4.78 is 60.1. The third kappa shape index (κ3) is 2.49. The van der Waals surface area contributed by atoms with E-state index in [1.807, 2.05) is 0 Å². The SMILES string of the molecule is CC1CN(C2=C(F)C(F)C(N)C(F)=C2F)CC(C)O1. The number of morpholine rings is 1. The zero-order valence-corrected chi connectivity index (χ0v) is 10.7. The summed E-state index contributed by atoms with van der Waals surface area (Å²) in [6.45, 7) is 3.77. The van der Waals surface area contributed by atoms with Crippen LogP contribution in [0.2, 0.25) is 0 Å². The zero-order chi connectivity index (χ0) is 14.3. The molecule has 2 N–H and O–H groups in total. The summed E-state index contributed by atoms with van der Waals surface area (Å²) >= 11 is 0. The molecule has 1 heterocycles. The van der Waals surface area contributed by atoms with E-state index in [0.717, 1.165) is 0 Å². The second-order valence-corrected chi connectivity index (χ2v) is 4.95. The molecular formula is C12H16F4N2O. The molecule has 0 saturated carbocycles. The summed E-state index contributed by atoms with van der Waals surface area (Å²) in [6.07, 6.45) is -2.93. The standard InChI is InChI=1S/C12H16F4N2O/c1-5-3-18(4-6(2)19-5)12-9(15)7(13)11(17)8(14)10(12)16/h5-7,11H,3-4,17H2,1-2H3. The predicted molar refractivity (Wildman–Crippen MR) is 61.8 cm³/mol. The Kier molecular flexibility index (Phi) is 3.87. The first-order valence-corrected chi connectivity index (χ1v) is 6.08. The van der Waals surface area contributed by atoms with Gasteiger partial charge in [0, 0.05) is 13.1 Å². The molecule has 1 fully saturated rings. The van der Waals surface area contributed by atoms with Gasteiger partial charge in [-0.2, -0.15) is 0 Å². The first-order chi connectivity index (χ1) is 8.82. The van der Waals surface area contributed by atoms with Gasteiger partial charge in [0.2, 0.25) is 0 Å². The third-order valence-corrected chi connectivity index (χ3v) is 3.23. The largest absolute Gasteiger partial charge is 0.372 e. The van der Waals surface area contributed by atoms with Gasteiger partial charge in [-0.15, -0.1) is 0 Å². The number of hydrogen-bond donors (Lipinski definition) is 1. The maximum absolute atomic E-state index is 13.9. The van der Waals surface area contributed by atoms with Gasteiger partial charge < -0.3 is 15.4 Å². The van der Waals surface area contributed by atoms with Crippen molar-refractivity contribution in [1.29, 1.82) is 0 Å². The lowest BCUT2D eigenvalue weighted by atomic mass is 10.0. The maximum atomic E-state index is 13.9. The Morgan fingerprint density at radius 1 is 1.11 bits per heavy atom. The summed E-state index contributed by atoms with van der Waals surface area (Å²) in [7, 11) is 0. The third-order valence-electron chi connectivity index (χ3n) is 3.23. The minimum Gasteiger partial charge on any atom is -0.372 e. The zero-order valence-electron chi connectivity index (χ0n) is 10.7. The van der Waals surface area contributed by atoms with Gasteiger partial charge in [0.15, 0.2) is 23.7 Å².